The summed E-state index contributed by atoms with van der Waals surface area (Å²) in [6.07, 6.45) is 9.98. The Bertz CT molecular complexity index is 2490. The van der Waals surface area contributed by atoms with Gasteiger partial charge in [0.2, 0.25) is 17.7 Å². The number of aromatic nitrogens is 3. The van der Waals surface area contributed by atoms with Crippen LogP contribution in [0.3, 0.4) is 0 Å². The number of carbonyl (C=O) groups excluding carboxylic acids is 3. The minimum Gasteiger partial charge on any atom is -0.476 e. The molecule has 3 fully saturated rings. The molecule has 6 atom stereocenters. The predicted octanol–water partition coefficient (Wildman–Crippen LogP) is 7.37. The van der Waals surface area contributed by atoms with Crippen LogP contribution in [0, 0.1) is 34.5 Å². The highest BCUT2D eigenvalue weighted by molar-refractivity contribution is 9.10. The zero-order valence-electron chi connectivity index (χ0n) is 38.3. The van der Waals surface area contributed by atoms with E-state index < -0.39 is 17.4 Å². The number of amides is 3. The molecule has 0 spiro atoms. The van der Waals surface area contributed by atoms with Crippen LogP contribution in [-0.2, 0) is 38.2 Å². The molecule has 3 aromatic heterocycles. The van der Waals surface area contributed by atoms with Crippen LogP contribution in [0.1, 0.15) is 130 Å². The number of benzene rings is 1. The maximum Gasteiger partial charge on any atom is 0.254 e. The van der Waals surface area contributed by atoms with Gasteiger partial charge in [0.1, 0.15) is 34.5 Å². The van der Waals surface area contributed by atoms with Gasteiger partial charge in [-0.15, -0.1) is 11.3 Å². The molecule has 17 heteroatoms. The minimum atomic E-state index is -0.965. The molecular formula is C49H61BrN10O5S. The summed E-state index contributed by atoms with van der Waals surface area (Å²) in [5.74, 6) is 1.07. The number of fused-ring (bicyclic) bond motifs is 2. The number of hydrogen-bond donors (Lipinski definition) is 4. The number of nitrogens with two attached hydrogens (primary N) is 1. The first-order chi connectivity index (χ1) is 31.7. The summed E-state index contributed by atoms with van der Waals surface area (Å²) in [5.41, 5.74) is 7.53. The number of rotatable bonds is 15. The minimum absolute atomic E-state index is 0.0672. The van der Waals surface area contributed by atoms with Crippen molar-refractivity contribution in [3.8, 4) is 11.9 Å². The average molecular weight is 982 g/mol. The molecule has 3 amide bonds. The molecule has 5 heterocycles. The molecule has 4 aromatic rings. The number of likely N-dealkylation sites (tertiary alicyclic amines) is 2. The Morgan fingerprint density at radius 2 is 1.94 bits per heavy atom. The molecule has 1 saturated carbocycles. The van der Waals surface area contributed by atoms with Gasteiger partial charge in [0.05, 0.1) is 17.6 Å². The van der Waals surface area contributed by atoms with E-state index in [0.29, 0.717) is 77.8 Å². The number of nitrogens with one attached hydrogen (secondary N) is 3. The fourth-order valence-electron chi connectivity index (χ4n) is 10.8. The summed E-state index contributed by atoms with van der Waals surface area (Å²) in [6, 6.07) is 12.9. The lowest BCUT2D eigenvalue weighted by atomic mass is 9.72. The van der Waals surface area contributed by atoms with E-state index in [0.717, 1.165) is 91.7 Å². The Labute approximate surface area is 399 Å². The lowest BCUT2D eigenvalue weighted by Crippen LogP contribution is -2.47. The van der Waals surface area contributed by atoms with Crippen LogP contribution in [0.4, 0.5) is 5.00 Å². The van der Waals surface area contributed by atoms with E-state index in [1.54, 1.807) is 23.2 Å². The van der Waals surface area contributed by atoms with Gasteiger partial charge in [-0.2, -0.15) is 5.26 Å². The van der Waals surface area contributed by atoms with E-state index in [1.807, 2.05) is 45.0 Å². The third-order valence-electron chi connectivity index (χ3n) is 14.4. The Hall–Kier alpha value is -5.18. The van der Waals surface area contributed by atoms with Crippen molar-refractivity contribution in [2.45, 2.75) is 121 Å². The highest BCUT2D eigenvalue weighted by Crippen LogP contribution is 2.60. The van der Waals surface area contributed by atoms with Gasteiger partial charge in [0.15, 0.2) is 11.6 Å². The predicted molar refractivity (Wildman–Crippen MR) is 255 cm³/mol. The van der Waals surface area contributed by atoms with E-state index in [-0.39, 0.29) is 34.9 Å². The van der Waals surface area contributed by atoms with Gasteiger partial charge in [-0.3, -0.25) is 19.8 Å². The van der Waals surface area contributed by atoms with Crippen LogP contribution in [0.25, 0.3) is 0 Å². The van der Waals surface area contributed by atoms with Crippen LogP contribution >= 0.6 is 27.3 Å². The van der Waals surface area contributed by atoms with Crippen LogP contribution < -0.4 is 21.1 Å². The molecule has 5 N–H and O–H groups in total. The Kier molecular flexibility index (Phi) is 14.3. The molecule has 1 aromatic carbocycles. The van der Waals surface area contributed by atoms with Gasteiger partial charge in [0, 0.05) is 52.2 Å². The lowest BCUT2D eigenvalue weighted by molar-refractivity contribution is -0.140. The van der Waals surface area contributed by atoms with Gasteiger partial charge in [-0.1, -0.05) is 48.8 Å². The second-order valence-corrected chi connectivity index (χ2v) is 21.3. The number of thiophene rings is 1. The van der Waals surface area contributed by atoms with Crippen LogP contribution in [0.2, 0.25) is 0 Å². The third-order valence-corrected chi connectivity index (χ3v) is 16.0. The van der Waals surface area contributed by atoms with Crippen molar-refractivity contribution in [3.05, 3.63) is 85.9 Å². The number of nitrogens with zero attached hydrogens (tertiary/aromatic N) is 6. The number of aryl methyl sites for hydroxylation is 1. The Morgan fingerprint density at radius 1 is 1.14 bits per heavy atom. The fraction of sp³-hybridized carbons (Fsp3) is 0.551. The quantitative estimate of drug-likeness (QED) is 0.0524. The number of carbonyl (C=O) groups is 3. The number of ether oxygens (including phenoxy) is 1. The van der Waals surface area contributed by atoms with Gasteiger partial charge in [0.25, 0.3) is 5.88 Å². The second-order valence-electron chi connectivity index (χ2n) is 19.3. The van der Waals surface area contributed by atoms with Crippen molar-refractivity contribution in [3.63, 3.8) is 0 Å². The third kappa shape index (κ3) is 9.78. The van der Waals surface area contributed by atoms with Gasteiger partial charge in [-0.05, 0) is 131 Å². The molecular weight excluding hydrogens is 921 g/mol. The largest absolute Gasteiger partial charge is 0.476 e. The first-order valence-electron chi connectivity index (χ1n) is 23.4. The van der Waals surface area contributed by atoms with E-state index >= 15 is 0 Å². The van der Waals surface area contributed by atoms with Crippen LogP contribution in [0.5, 0.6) is 5.88 Å². The van der Waals surface area contributed by atoms with Gasteiger partial charge < -0.3 is 35.4 Å². The van der Waals surface area contributed by atoms with Crippen LogP contribution in [0.15, 0.2) is 51.6 Å². The molecule has 2 aliphatic heterocycles. The number of nitrogen functional groups attached to an aromatic ring is 1. The molecule has 66 heavy (non-hydrogen) atoms. The first-order valence-corrected chi connectivity index (χ1v) is 25.0. The first kappa shape index (κ1) is 47.3. The topological polar surface area (TPSA) is 216 Å². The zero-order valence-corrected chi connectivity index (χ0v) is 40.7. The lowest BCUT2D eigenvalue weighted by Gasteiger charge is -2.33. The summed E-state index contributed by atoms with van der Waals surface area (Å²) in [7, 11) is 0. The van der Waals surface area contributed by atoms with Crippen molar-refractivity contribution >= 4 is 55.8 Å². The fourth-order valence-corrected chi connectivity index (χ4v) is 12.2. The van der Waals surface area contributed by atoms with Crippen molar-refractivity contribution in [1.82, 2.24) is 35.6 Å². The normalized spacial score (nSPS) is 24.3. The molecule has 3 unspecified atom stereocenters. The monoisotopic (exact) mass is 980 g/mol. The summed E-state index contributed by atoms with van der Waals surface area (Å²) >= 11 is 4.83. The van der Waals surface area contributed by atoms with E-state index in [9.17, 15) is 19.6 Å². The molecule has 0 radical (unpaired) electrons. The summed E-state index contributed by atoms with van der Waals surface area (Å²) in [4.78, 5) is 56.0. The Balaban J connectivity index is 0.793. The molecule has 4 aliphatic rings. The summed E-state index contributed by atoms with van der Waals surface area (Å²) in [6.45, 7) is 12.4. The maximum absolute atomic E-state index is 14.0. The van der Waals surface area contributed by atoms with E-state index in [4.69, 9.17) is 30.4 Å². The molecule has 2 aliphatic carbocycles. The molecule has 8 rings (SSSR count). The number of hydrogen-bond acceptors (Lipinski definition) is 13. The number of anilines is 1. The Morgan fingerprint density at radius 3 is 2.71 bits per heavy atom. The maximum atomic E-state index is 14.0. The highest BCUT2D eigenvalue weighted by Gasteiger charge is 2.59. The van der Waals surface area contributed by atoms with E-state index in [2.05, 4.69) is 49.6 Å². The highest BCUT2D eigenvalue weighted by atomic mass is 79.9. The molecule has 0 bridgehead atoms. The van der Waals surface area contributed by atoms with Crippen molar-refractivity contribution < 1.29 is 23.6 Å². The molecule has 350 valence electrons. The second kappa shape index (κ2) is 20.0. The van der Waals surface area contributed by atoms with Crippen molar-refractivity contribution in [2.24, 2.45) is 17.8 Å². The van der Waals surface area contributed by atoms with Crippen LogP contribution in [-0.4, -0.2) is 87.3 Å². The zero-order chi connectivity index (χ0) is 46.8. The SMILES string of the molecule is CC(C)C(C(=O)N1CCC[C@H]1C(=O)NCc1ccc(Br)cc1)c1cc(OCCCCN2CCCC3(c4nccc(C(=N)NC(=O)[C@@]5(C)CCCc6sc(N)c(C#N)c65)n4)CC3[C@@H](C)C2)no1. The molecule has 2 saturated heterocycles. The van der Waals surface area contributed by atoms with E-state index in [1.165, 1.54) is 11.3 Å². The smallest absolute Gasteiger partial charge is 0.254 e. The number of amidine groups is 1. The number of nitriles is 1. The average Bonchev–Trinajstić information content (AvgIpc) is 3.60. The van der Waals surface area contributed by atoms with Crippen molar-refractivity contribution in [2.75, 3.05) is 38.5 Å². The summed E-state index contributed by atoms with van der Waals surface area (Å²) < 4.78 is 12.7. The number of halogens is 1. The standard InChI is InChI=1S/C49H61BrN10O5S/c1-29(2)40(45(62)60-22-8-10-36(60)44(61)55-27-31-12-14-32(50)15-13-31)37-24-39(58-65-37)64-23-6-5-20-59-21-9-18-49(25-34(49)30(3)28-59)46-54-19-16-35(56-46)42(52)57-47(63)48(4)17-7-11-38-41(48)33(26-51)43(53)66-38/h12-16,19,24,29-30,34,36,40H,5-11,17-18,20-23,25,27-28,53H2,1-4H3,(H,55,61)(H2,52,57,63)/t30-,34?,36-,40?,48-,49?/m0/s1. The summed E-state index contributed by atoms with van der Waals surface area (Å²) in [5, 5.41) is 29.2. The molecule has 15 nitrogen and oxygen atoms in total. The van der Waals surface area contributed by atoms with Crippen molar-refractivity contribution in [1.29, 1.82) is 10.7 Å². The number of unbranched alkanes of at least 4 members (excludes halogenated alkanes) is 1. The van der Waals surface area contributed by atoms with Gasteiger partial charge >= 0.3 is 0 Å². The van der Waals surface area contributed by atoms with Gasteiger partial charge in [-0.25, -0.2) is 9.97 Å².